The van der Waals surface area contributed by atoms with Crippen molar-refractivity contribution >= 4 is 21.6 Å². The van der Waals surface area contributed by atoms with E-state index >= 15 is 0 Å². The molecule has 0 aliphatic carbocycles. The van der Waals surface area contributed by atoms with E-state index in [1.807, 2.05) is 42.2 Å². The van der Waals surface area contributed by atoms with Gasteiger partial charge in [0.25, 0.3) is 0 Å². The van der Waals surface area contributed by atoms with Gasteiger partial charge in [0.2, 0.25) is 0 Å². The van der Waals surface area contributed by atoms with E-state index in [1.165, 1.54) is 6.07 Å². The molecule has 0 heterocycles. The summed E-state index contributed by atoms with van der Waals surface area (Å²) in [5.74, 6) is -0.222. The zero-order chi connectivity index (χ0) is 14.5. The summed E-state index contributed by atoms with van der Waals surface area (Å²) in [5.41, 5.74) is 7.61. The summed E-state index contributed by atoms with van der Waals surface area (Å²) >= 11 is 3.55. The highest BCUT2D eigenvalue weighted by Gasteiger charge is 2.22. The smallest absolute Gasteiger partial charge is 0.146 e. The average molecular weight is 337 g/mol. The van der Waals surface area contributed by atoms with E-state index in [9.17, 15) is 4.39 Å². The molecule has 0 saturated carbocycles. The van der Waals surface area contributed by atoms with Crippen LogP contribution in [0.2, 0.25) is 0 Å². The first kappa shape index (κ1) is 15.0. The summed E-state index contributed by atoms with van der Waals surface area (Å²) in [6.07, 6.45) is 0. The van der Waals surface area contributed by atoms with Gasteiger partial charge in [-0.2, -0.15) is 0 Å². The van der Waals surface area contributed by atoms with Crippen LogP contribution in [-0.2, 0) is 0 Å². The summed E-state index contributed by atoms with van der Waals surface area (Å²) in [5, 5.41) is 0. The lowest BCUT2D eigenvalue weighted by Gasteiger charge is -2.33. The van der Waals surface area contributed by atoms with Crippen LogP contribution in [0.5, 0.6) is 0 Å². The summed E-state index contributed by atoms with van der Waals surface area (Å²) in [7, 11) is 0. The first-order valence-electron chi connectivity index (χ1n) is 6.64. The molecule has 20 heavy (non-hydrogen) atoms. The summed E-state index contributed by atoms with van der Waals surface area (Å²) in [6.45, 7) is 3.11. The van der Waals surface area contributed by atoms with Crippen molar-refractivity contribution in [3.05, 3.63) is 64.4 Å². The van der Waals surface area contributed by atoms with Crippen molar-refractivity contribution in [2.24, 2.45) is 5.73 Å². The third-order valence-electron chi connectivity index (χ3n) is 3.37. The first-order valence-corrected chi connectivity index (χ1v) is 7.44. The van der Waals surface area contributed by atoms with Gasteiger partial charge in [0.15, 0.2) is 0 Å². The Kier molecular flexibility index (Phi) is 5.15. The lowest BCUT2D eigenvalue weighted by molar-refractivity contribution is 0.587. The second kappa shape index (κ2) is 6.86. The van der Waals surface area contributed by atoms with Gasteiger partial charge >= 0.3 is 0 Å². The monoisotopic (exact) mass is 336 g/mol. The fourth-order valence-corrected chi connectivity index (χ4v) is 2.96. The molecule has 0 aliphatic heterocycles. The summed E-state index contributed by atoms with van der Waals surface area (Å²) in [6, 6.07) is 14.7. The molecular weight excluding hydrogens is 319 g/mol. The molecule has 2 aromatic rings. The normalized spacial score (nSPS) is 12.2. The largest absolute Gasteiger partial charge is 0.361 e. The van der Waals surface area contributed by atoms with Gasteiger partial charge in [-0.3, -0.25) is 0 Å². The predicted octanol–water partition coefficient (Wildman–Crippen LogP) is 4.11. The topological polar surface area (TPSA) is 29.3 Å². The van der Waals surface area contributed by atoms with Gasteiger partial charge in [-0.15, -0.1) is 0 Å². The zero-order valence-electron chi connectivity index (χ0n) is 11.4. The molecule has 106 valence electrons. The Morgan fingerprint density at radius 3 is 2.40 bits per heavy atom. The van der Waals surface area contributed by atoms with Crippen molar-refractivity contribution in [3.8, 4) is 0 Å². The highest BCUT2D eigenvalue weighted by Crippen LogP contribution is 2.32. The Morgan fingerprint density at radius 2 is 1.80 bits per heavy atom. The number of nitrogens with zero attached hydrogens (tertiary/aromatic N) is 1. The molecule has 0 radical (unpaired) electrons. The molecule has 2 aromatic carbocycles. The van der Waals surface area contributed by atoms with Crippen molar-refractivity contribution in [2.45, 2.75) is 13.0 Å². The van der Waals surface area contributed by atoms with Crippen LogP contribution >= 0.6 is 15.9 Å². The number of nitrogens with two attached hydrogens (primary N) is 1. The van der Waals surface area contributed by atoms with E-state index in [0.29, 0.717) is 18.8 Å². The van der Waals surface area contributed by atoms with Crippen LogP contribution in [0.1, 0.15) is 18.5 Å². The van der Waals surface area contributed by atoms with Crippen LogP contribution in [0.3, 0.4) is 0 Å². The second-order valence-corrected chi connectivity index (χ2v) is 5.36. The molecular formula is C16H18BrFN2. The van der Waals surface area contributed by atoms with Crippen molar-refractivity contribution < 1.29 is 4.39 Å². The van der Waals surface area contributed by atoms with Gasteiger partial charge in [0.1, 0.15) is 5.82 Å². The molecule has 0 spiro atoms. The van der Waals surface area contributed by atoms with Crippen LogP contribution in [0.15, 0.2) is 53.0 Å². The number of likely N-dealkylation sites (N-methyl/N-ethyl adjacent to an activating group) is 1. The zero-order valence-corrected chi connectivity index (χ0v) is 13.0. The van der Waals surface area contributed by atoms with Crippen LogP contribution in [0.25, 0.3) is 0 Å². The standard InChI is InChI=1S/C16H18BrFN2/c1-2-20(15-10-6-5-9-14(15)18)16(11-19)12-7-3-4-8-13(12)17/h3-10,16H,2,11,19H2,1H3. The molecule has 2 nitrogen and oxygen atoms in total. The Morgan fingerprint density at radius 1 is 1.15 bits per heavy atom. The van der Waals surface area contributed by atoms with Crippen molar-refractivity contribution in [1.29, 1.82) is 0 Å². The SMILES string of the molecule is CCN(c1ccccc1F)C(CN)c1ccccc1Br. The molecule has 0 aliphatic rings. The molecule has 0 saturated heterocycles. The van der Waals surface area contributed by atoms with E-state index < -0.39 is 0 Å². The number of hydrogen-bond donors (Lipinski definition) is 1. The van der Waals surface area contributed by atoms with Crippen LogP contribution < -0.4 is 10.6 Å². The highest BCUT2D eigenvalue weighted by molar-refractivity contribution is 9.10. The quantitative estimate of drug-likeness (QED) is 0.889. The van der Waals surface area contributed by atoms with Gasteiger partial charge in [0, 0.05) is 17.6 Å². The van der Waals surface area contributed by atoms with Crippen LogP contribution in [-0.4, -0.2) is 13.1 Å². The third kappa shape index (κ3) is 3.02. The minimum absolute atomic E-state index is 0.0625. The molecule has 0 bridgehead atoms. The molecule has 4 heteroatoms. The van der Waals surface area contributed by atoms with Crippen LogP contribution in [0, 0.1) is 5.82 Å². The summed E-state index contributed by atoms with van der Waals surface area (Å²) < 4.78 is 15.0. The van der Waals surface area contributed by atoms with E-state index in [4.69, 9.17) is 5.73 Å². The third-order valence-corrected chi connectivity index (χ3v) is 4.09. The maximum absolute atomic E-state index is 14.0. The maximum atomic E-state index is 14.0. The minimum atomic E-state index is -0.222. The van der Waals surface area contributed by atoms with E-state index in [-0.39, 0.29) is 11.9 Å². The van der Waals surface area contributed by atoms with Crippen molar-refractivity contribution in [1.82, 2.24) is 0 Å². The fourth-order valence-electron chi connectivity index (χ4n) is 2.41. The Bertz CT molecular complexity index is 522. The van der Waals surface area contributed by atoms with Gasteiger partial charge < -0.3 is 10.6 Å². The van der Waals surface area contributed by atoms with E-state index in [2.05, 4.69) is 15.9 Å². The maximum Gasteiger partial charge on any atom is 0.146 e. The van der Waals surface area contributed by atoms with Crippen molar-refractivity contribution in [2.75, 3.05) is 18.0 Å². The number of benzene rings is 2. The van der Waals surface area contributed by atoms with Gasteiger partial charge in [-0.05, 0) is 30.7 Å². The van der Waals surface area contributed by atoms with Gasteiger partial charge in [-0.25, -0.2) is 4.39 Å². The molecule has 0 amide bonds. The Hall–Kier alpha value is -1.39. The predicted molar refractivity (Wildman–Crippen MR) is 85.4 cm³/mol. The Labute approximate surface area is 127 Å². The molecule has 0 fully saturated rings. The molecule has 1 atom stereocenters. The molecule has 1 unspecified atom stereocenters. The van der Waals surface area contributed by atoms with Crippen LogP contribution in [0.4, 0.5) is 10.1 Å². The lowest BCUT2D eigenvalue weighted by atomic mass is 10.0. The van der Waals surface area contributed by atoms with Gasteiger partial charge in [-0.1, -0.05) is 46.3 Å². The number of rotatable bonds is 5. The minimum Gasteiger partial charge on any atom is -0.361 e. The number of halogens is 2. The summed E-state index contributed by atoms with van der Waals surface area (Å²) in [4.78, 5) is 2.00. The van der Waals surface area contributed by atoms with E-state index in [0.717, 1.165) is 10.0 Å². The Balaban J connectivity index is 2.44. The number of anilines is 1. The van der Waals surface area contributed by atoms with Gasteiger partial charge in [0.05, 0.1) is 11.7 Å². The van der Waals surface area contributed by atoms with E-state index in [1.54, 1.807) is 12.1 Å². The highest BCUT2D eigenvalue weighted by atomic mass is 79.9. The molecule has 0 aromatic heterocycles. The first-order chi connectivity index (χ1) is 9.69. The second-order valence-electron chi connectivity index (χ2n) is 4.51. The lowest BCUT2D eigenvalue weighted by Crippen LogP contribution is -2.34. The fraction of sp³-hybridized carbons (Fsp3) is 0.250. The molecule has 2 rings (SSSR count). The molecule has 2 N–H and O–H groups in total. The average Bonchev–Trinajstić information content (AvgIpc) is 2.47. The number of hydrogen-bond acceptors (Lipinski definition) is 2. The number of para-hydroxylation sites is 1. The van der Waals surface area contributed by atoms with Crippen molar-refractivity contribution in [3.63, 3.8) is 0 Å².